The van der Waals surface area contributed by atoms with Crippen LogP contribution in [0.5, 0.6) is 0 Å². The predicted molar refractivity (Wildman–Crippen MR) is 67.5 cm³/mol. The van der Waals surface area contributed by atoms with Crippen molar-refractivity contribution in [2.75, 3.05) is 20.1 Å². The molecule has 1 aliphatic heterocycles. The Labute approximate surface area is 99.9 Å². The summed E-state index contributed by atoms with van der Waals surface area (Å²) < 4.78 is 1.95. The number of hydrogen-bond acceptors (Lipinski definition) is 1. The summed E-state index contributed by atoms with van der Waals surface area (Å²) in [7, 11) is 2.22. The van der Waals surface area contributed by atoms with E-state index in [0.29, 0.717) is 6.04 Å². The number of nitrogens with one attached hydrogen (secondary N) is 2. The largest absolute Gasteiger partial charge is 0.337 e. The molecule has 2 aromatic rings. The highest BCUT2D eigenvalue weighted by atomic mass is 16.1. The molecule has 0 saturated carbocycles. The van der Waals surface area contributed by atoms with Crippen molar-refractivity contribution in [1.82, 2.24) is 9.55 Å². The number of fused-ring (bicyclic) bond motifs is 1. The fraction of sp³-hybridized carbons (Fsp3) is 0.462. The molecule has 1 aromatic heterocycles. The Morgan fingerprint density at radius 3 is 2.76 bits per heavy atom. The average Bonchev–Trinajstić information content (AvgIpc) is 2.66. The van der Waals surface area contributed by atoms with Gasteiger partial charge >= 0.3 is 5.69 Å². The third-order valence-corrected chi connectivity index (χ3v) is 3.80. The molecule has 1 saturated heterocycles. The van der Waals surface area contributed by atoms with Crippen LogP contribution in [0, 0.1) is 0 Å². The van der Waals surface area contributed by atoms with Crippen LogP contribution < -0.4 is 10.6 Å². The van der Waals surface area contributed by atoms with Crippen molar-refractivity contribution >= 4 is 11.0 Å². The van der Waals surface area contributed by atoms with E-state index < -0.39 is 0 Å². The quantitative estimate of drug-likeness (QED) is 0.723. The van der Waals surface area contributed by atoms with Crippen LogP contribution in [0.25, 0.3) is 11.0 Å². The maximum absolute atomic E-state index is 12.0. The van der Waals surface area contributed by atoms with E-state index in [1.54, 1.807) is 4.90 Å². The topological polar surface area (TPSA) is 42.2 Å². The third-order valence-electron chi connectivity index (χ3n) is 3.80. The molecule has 4 heteroatoms. The van der Waals surface area contributed by atoms with Gasteiger partial charge in [0.05, 0.1) is 31.2 Å². The first kappa shape index (κ1) is 10.6. The fourth-order valence-electron chi connectivity index (χ4n) is 2.79. The molecule has 1 aromatic carbocycles. The molecular weight excluding hydrogens is 214 g/mol. The fourth-order valence-corrected chi connectivity index (χ4v) is 2.79. The molecule has 2 N–H and O–H groups in total. The van der Waals surface area contributed by atoms with Gasteiger partial charge in [-0.3, -0.25) is 4.57 Å². The van der Waals surface area contributed by atoms with Crippen LogP contribution in [-0.4, -0.2) is 29.7 Å². The first-order valence-corrected chi connectivity index (χ1v) is 6.26. The van der Waals surface area contributed by atoms with Crippen LogP contribution >= 0.6 is 0 Å². The zero-order valence-corrected chi connectivity index (χ0v) is 10.1. The van der Waals surface area contributed by atoms with Crippen LogP contribution in [0.4, 0.5) is 0 Å². The lowest BCUT2D eigenvalue weighted by Gasteiger charge is -2.27. The zero-order chi connectivity index (χ0) is 11.8. The second kappa shape index (κ2) is 4.04. The van der Waals surface area contributed by atoms with Gasteiger partial charge < -0.3 is 9.88 Å². The summed E-state index contributed by atoms with van der Waals surface area (Å²) in [6.45, 7) is 2.30. The highest BCUT2D eigenvalue weighted by molar-refractivity contribution is 5.75. The highest BCUT2D eigenvalue weighted by Crippen LogP contribution is 2.20. The molecule has 0 aliphatic carbocycles. The minimum absolute atomic E-state index is 0.0377. The number of hydrogen-bond donors (Lipinski definition) is 2. The molecule has 0 atom stereocenters. The summed E-state index contributed by atoms with van der Waals surface area (Å²) in [6, 6.07) is 8.31. The molecule has 17 heavy (non-hydrogen) atoms. The number of H-pyrrole nitrogens is 1. The van der Waals surface area contributed by atoms with E-state index in [9.17, 15) is 4.79 Å². The van der Waals surface area contributed by atoms with Crippen LogP contribution in [-0.2, 0) is 0 Å². The molecule has 0 spiro atoms. The maximum Gasteiger partial charge on any atom is 0.326 e. The molecule has 0 radical (unpaired) electrons. The van der Waals surface area contributed by atoms with Crippen molar-refractivity contribution in [2.45, 2.75) is 18.9 Å². The molecule has 0 unspecified atom stereocenters. The van der Waals surface area contributed by atoms with Crippen LogP contribution in [0.15, 0.2) is 29.1 Å². The van der Waals surface area contributed by atoms with Crippen LogP contribution in [0.1, 0.15) is 18.9 Å². The number of imidazole rings is 1. The van der Waals surface area contributed by atoms with Crippen molar-refractivity contribution in [2.24, 2.45) is 0 Å². The lowest BCUT2D eigenvalue weighted by molar-refractivity contribution is -0.885. The first-order chi connectivity index (χ1) is 8.25. The van der Waals surface area contributed by atoms with Gasteiger partial charge in [-0.1, -0.05) is 12.1 Å². The maximum atomic E-state index is 12.0. The van der Waals surface area contributed by atoms with Gasteiger partial charge in [0.1, 0.15) is 0 Å². The van der Waals surface area contributed by atoms with Gasteiger partial charge in [0.15, 0.2) is 0 Å². The Morgan fingerprint density at radius 2 is 2.00 bits per heavy atom. The van der Waals surface area contributed by atoms with E-state index in [-0.39, 0.29) is 5.69 Å². The minimum atomic E-state index is 0.0377. The second-order valence-corrected chi connectivity index (χ2v) is 5.01. The first-order valence-electron chi connectivity index (χ1n) is 6.26. The standard InChI is InChI=1S/C13H17N3O/c1-15-8-6-10(7-9-15)16-12-5-3-2-4-11(12)14-13(16)17/h2-5,10H,6-9H2,1H3,(H,14,17)/p+1. The van der Waals surface area contributed by atoms with Gasteiger partial charge in [0, 0.05) is 18.9 Å². The zero-order valence-electron chi connectivity index (χ0n) is 10.1. The Kier molecular flexibility index (Phi) is 2.52. The number of aromatic amines is 1. The Bertz CT molecular complexity index is 576. The summed E-state index contributed by atoms with van der Waals surface area (Å²) >= 11 is 0. The van der Waals surface area contributed by atoms with Gasteiger partial charge in [-0.2, -0.15) is 0 Å². The Morgan fingerprint density at radius 1 is 1.29 bits per heavy atom. The van der Waals surface area contributed by atoms with Gasteiger partial charge in [-0.05, 0) is 12.1 Å². The molecule has 3 rings (SSSR count). The summed E-state index contributed by atoms with van der Waals surface area (Å²) in [5.41, 5.74) is 2.03. The Balaban J connectivity index is 2.05. The molecule has 1 aliphatic rings. The van der Waals surface area contributed by atoms with Crippen molar-refractivity contribution in [3.63, 3.8) is 0 Å². The molecule has 4 nitrogen and oxygen atoms in total. The lowest BCUT2D eigenvalue weighted by Crippen LogP contribution is -3.10. The smallest absolute Gasteiger partial charge is 0.326 e. The number of piperidine rings is 1. The van der Waals surface area contributed by atoms with E-state index >= 15 is 0 Å². The van der Waals surface area contributed by atoms with Crippen molar-refractivity contribution < 1.29 is 4.90 Å². The van der Waals surface area contributed by atoms with Crippen LogP contribution in [0.3, 0.4) is 0 Å². The summed E-state index contributed by atoms with van der Waals surface area (Å²) in [4.78, 5) is 16.5. The summed E-state index contributed by atoms with van der Waals surface area (Å²) in [6.07, 6.45) is 2.18. The number of likely N-dealkylation sites (tertiary alicyclic amines) is 1. The van der Waals surface area contributed by atoms with Crippen molar-refractivity contribution in [3.8, 4) is 0 Å². The van der Waals surface area contributed by atoms with E-state index in [2.05, 4.69) is 12.0 Å². The average molecular weight is 232 g/mol. The van der Waals surface area contributed by atoms with E-state index in [1.165, 1.54) is 0 Å². The Hall–Kier alpha value is -1.55. The lowest BCUT2D eigenvalue weighted by atomic mass is 10.1. The third kappa shape index (κ3) is 1.78. The number of para-hydroxylation sites is 2. The number of benzene rings is 1. The SMILES string of the molecule is C[NH+]1CCC(n2c(=O)[nH]c3ccccc32)CC1. The van der Waals surface area contributed by atoms with Gasteiger partial charge in [0.25, 0.3) is 0 Å². The molecule has 0 amide bonds. The van der Waals surface area contributed by atoms with Gasteiger partial charge in [0.2, 0.25) is 0 Å². The number of rotatable bonds is 1. The van der Waals surface area contributed by atoms with E-state index in [4.69, 9.17) is 0 Å². The molecule has 2 heterocycles. The number of aromatic nitrogens is 2. The van der Waals surface area contributed by atoms with Crippen molar-refractivity contribution in [3.05, 3.63) is 34.7 Å². The van der Waals surface area contributed by atoms with E-state index in [0.717, 1.165) is 37.0 Å². The normalized spacial score (nSPS) is 25.2. The minimum Gasteiger partial charge on any atom is -0.337 e. The molecule has 0 bridgehead atoms. The predicted octanol–water partition coefficient (Wildman–Crippen LogP) is 0.179. The molecule has 90 valence electrons. The van der Waals surface area contributed by atoms with Gasteiger partial charge in [-0.25, -0.2) is 4.79 Å². The highest BCUT2D eigenvalue weighted by Gasteiger charge is 2.23. The summed E-state index contributed by atoms with van der Waals surface area (Å²) in [5, 5.41) is 0. The second-order valence-electron chi connectivity index (χ2n) is 5.01. The van der Waals surface area contributed by atoms with Crippen molar-refractivity contribution in [1.29, 1.82) is 0 Å². The van der Waals surface area contributed by atoms with E-state index in [1.807, 2.05) is 28.8 Å². The van der Waals surface area contributed by atoms with Crippen LogP contribution in [0.2, 0.25) is 0 Å². The van der Waals surface area contributed by atoms with Gasteiger partial charge in [-0.15, -0.1) is 0 Å². The number of nitrogens with zero attached hydrogens (tertiary/aromatic N) is 1. The number of quaternary nitrogens is 1. The summed E-state index contributed by atoms with van der Waals surface area (Å²) in [5.74, 6) is 0. The molecular formula is C13H18N3O+. The molecule has 1 fully saturated rings. The monoisotopic (exact) mass is 232 g/mol.